The van der Waals surface area contributed by atoms with Crippen LogP contribution in [0, 0.1) is 5.92 Å². The van der Waals surface area contributed by atoms with E-state index in [1.165, 1.54) is 0 Å². The van der Waals surface area contributed by atoms with E-state index in [2.05, 4.69) is 10.0 Å². The van der Waals surface area contributed by atoms with Gasteiger partial charge in [-0.2, -0.15) is 0 Å². The molecule has 3 aromatic rings. The average molecular weight is 502 g/mol. The SMILES string of the molecule is CCOc1cc([C@@H](CCNS(C)(=O)=O)n2cc3cccc(NC(=O)C4CC4)c3c2O)ccc1OC. The fourth-order valence-electron chi connectivity index (χ4n) is 4.21. The minimum Gasteiger partial charge on any atom is -0.494 e. The van der Waals surface area contributed by atoms with Crippen LogP contribution in [0.25, 0.3) is 10.8 Å². The number of sulfonamides is 1. The van der Waals surface area contributed by atoms with Crippen molar-refractivity contribution in [1.82, 2.24) is 9.29 Å². The first kappa shape index (κ1) is 24.9. The van der Waals surface area contributed by atoms with Gasteiger partial charge in [0.05, 0.1) is 37.1 Å². The summed E-state index contributed by atoms with van der Waals surface area (Å²) < 4.78 is 38.7. The van der Waals surface area contributed by atoms with Crippen LogP contribution in [-0.2, 0) is 14.8 Å². The number of ether oxygens (including phenoxy) is 2. The van der Waals surface area contributed by atoms with E-state index in [4.69, 9.17) is 9.47 Å². The zero-order valence-corrected chi connectivity index (χ0v) is 20.9. The second kappa shape index (κ2) is 10.2. The summed E-state index contributed by atoms with van der Waals surface area (Å²) in [6, 6.07) is 10.5. The van der Waals surface area contributed by atoms with Crippen molar-refractivity contribution in [2.45, 2.75) is 32.2 Å². The van der Waals surface area contributed by atoms with E-state index < -0.39 is 16.1 Å². The minimum atomic E-state index is -3.38. The molecule has 1 aliphatic rings. The summed E-state index contributed by atoms with van der Waals surface area (Å²) in [6.07, 6.45) is 5.04. The molecule has 1 atom stereocenters. The number of hydrogen-bond donors (Lipinski definition) is 3. The van der Waals surface area contributed by atoms with Gasteiger partial charge in [-0.15, -0.1) is 0 Å². The number of carbonyl (C=O) groups excluding carboxylic acids is 1. The van der Waals surface area contributed by atoms with E-state index in [9.17, 15) is 18.3 Å². The van der Waals surface area contributed by atoms with E-state index in [1.54, 1.807) is 23.8 Å². The number of amides is 1. The lowest BCUT2D eigenvalue weighted by atomic mass is 10.0. The lowest BCUT2D eigenvalue weighted by molar-refractivity contribution is -0.117. The van der Waals surface area contributed by atoms with Gasteiger partial charge in [-0.3, -0.25) is 4.79 Å². The Morgan fingerprint density at radius 3 is 2.66 bits per heavy atom. The van der Waals surface area contributed by atoms with Crippen molar-refractivity contribution in [3.05, 3.63) is 48.2 Å². The van der Waals surface area contributed by atoms with Crippen LogP contribution in [0.5, 0.6) is 17.4 Å². The molecule has 10 heteroatoms. The second-order valence-electron chi connectivity index (χ2n) is 8.71. The highest BCUT2D eigenvalue weighted by Gasteiger charge is 2.30. The van der Waals surface area contributed by atoms with Crippen molar-refractivity contribution in [2.24, 2.45) is 5.92 Å². The number of fused-ring (bicyclic) bond motifs is 1. The molecule has 0 unspecified atom stereocenters. The number of benzene rings is 2. The largest absolute Gasteiger partial charge is 0.494 e. The molecular weight excluding hydrogens is 470 g/mol. The average Bonchev–Trinajstić information content (AvgIpc) is 3.61. The van der Waals surface area contributed by atoms with Crippen molar-refractivity contribution in [3.8, 4) is 17.4 Å². The van der Waals surface area contributed by atoms with Crippen LogP contribution < -0.4 is 19.5 Å². The summed E-state index contributed by atoms with van der Waals surface area (Å²) in [4.78, 5) is 12.4. The predicted molar refractivity (Wildman–Crippen MR) is 135 cm³/mol. The molecule has 35 heavy (non-hydrogen) atoms. The molecule has 3 N–H and O–H groups in total. The van der Waals surface area contributed by atoms with E-state index in [0.29, 0.717) is 35.6 Å². The molecule has 1 amide bonds. The molecule has 0 radical (unpaired) electrons. The normalized spacial score (nSPS) is 14.6. The van der Waals surface area contributed by atoms with E-state index in [1.807, 2.05) is 37.4 Å². The van der Waals surface area contributed by atoms with Gasteiger partial charge in [0.25, 0.3) is 0 Å². The number of nitrogens with one attached hydrogen (secondary N) is 2. The number of aromatic hydroxyl groups is 1. The molecule has 1 aliphatic carbocycles. The van der Waals surface area contributed by atoms with Gasteiger partial charge in [0.15, 0.2) is 11.5 Å². The van der Waals surface area contributed by atoms with Crippen molar-refractivity contribution in [1.29, 1.82) is 0 Å². The Balaban J connectivity index is 1.76. The topological polar surface area (TPSA) is 119 Å². The molecule has 0 saturated heterocycles. The maximum absolute atomic E-state index is 12.4. The standard InChI is InChI=1S/C25H31N3O6S/c1-4-34-22-14-17(10-11-21(22)33-2)20(12-13-26-35(3,31)32)28-15-18-6-5-7-19(23(18)25(28)30)27-24(29)16-8-9-16/h5-7,10-11,14-16,20,26,30H,4,8-9,12-13H2,1-3H3,(H,27,29)/t20-/m1/s1. The van der Waals surface area contributed by atoms with Crippen LogP contribution in [0.2, 0.25) is 0 Å². The number of hydrogen-bond acceptors (Lipinski definition) is 6. The Kier molecular flexibility index (Phi) is 7.23. The predicted octanol–water partition coefficient (Wildman–Crippen LogP) is 3.63. The molecule has 0 spiro atoms. The molecule has 4 rings (SSSR count). The summed E-state index contributed by atoms with van der Waals surface area (Å²) in [6.45, 7) is 2.49. The number of nitrogens with zero attached hydrogens (tertiary/aromatic N) is 1. The Morgan fingerprint density at radius 1 is 1.23 bits per heavy atom. The van der Waals surface area contributed by atoms with Gasteiger partial charge >= 0.3 is 0 Å². The molecule has 1 fully saturated rings. The lowest BCUT2D eigenvalue weighted by Gasteiger charge is -2.22. The highest BCUT2D eigenvalue weighted by molar-refractivity contribution is 7.88. The first-order valence-electron chi connectivity index (χ1n) is 11.6. The Labute approximate surface area is 205 Å². The van der Waals surface area contributed by atoms with Crippen molar-refractivity contribution in [3.63, 3.8) is 0 Å². The molecule has 2 aromatic carbocycles. The number of methoxy groups -OCH3 is 1. The summed E-state index contributed by atoms with van der Waals surface area (Å²) in [5.74, 6) is 1.11. The maximum Gasteiger partial charge on any atom is 0.227 e. The van der Waals surface area contributed by atoms with Crippen LogP contribution in [0.4, 0.5) is 5.69 Å². The molecule has 9 nitrogen and oxygen atoms in total. The first-order valence-corrected chi connectivity index (χ1v) is 13.5. The zero-order chi connectivity index (χ0) is 25.2. The monoisotopic (exact) mass is 501 g/mol. The fourth-order valence-corrected chi connectivity index (χ4v) is 4.69. The van der Waals surface area contributed by atoms with Crippen LogP contribution in [0.1, 0.15) is 37.8 Å². The summed E-state index contributed by atoms with van der Waals surface area (Å²) in [7, 11) is -1.82. The number of anilines is 1. The first-order chi connectivity index (χ1) is 16.7. The van der Waals surface area contributed by atoms with Crippen molar-refractivity contribution < 1.29 is 27.8 Å². The summed E-state index contributed by atoms with van der Waals surface area (Å²) >= 11 is 0. The third-order valence-electron chi connectivity index (χ3n) is 6.04. The van der Waals surface area contributed by atoms with Crippen LogP contribution >= 0.6 is 0 Å². The highest BCUT2D eigenvalue weighted by atomic mass is 32.2. The highest BCUT2D eigenvalue weighted by Crippen LogP contribution is 2.40. The zero-order valence-electron chi connectivity index (χ0n) is 20.1. The maximum atomic E-state index is 12.4. The molecule has 1 heterocycles. The molecular formula is C25H31N3O6S. The van der Waals surface area contributed by atoms with E-state index in [-0.39, 0.29) is 24.2 Å². The molecule has 0 bridgehead atoms. The van der Waals surface area contributed by atoms with Gasteiger partial charge in [-0.25, -0.2) is 13.1 Å². The fraction of sp³-hybridized carbons (Fsp3) is 0.400. The van der Waals surface area contributed by atoms with Crippen molar-refractivity contribution >= 4 is 32.4 Å². The molecule has 1 aromatic heterocycles. The van der Waals surface area contributed by atoms with Gasteiger partial charge in [-0.05, 0) is 49.9 Å². The third kappa shape index (κ3) is 5.71. The minimum absolute atomic E-state index is 0.00942. The molecule has 1 saturated carbocycles. The lowest BCUT2D eigenvalue weighted by Crippen LogP contribution is -2.25. The van der Waals surface area contributed by atoms with Gasteiger partial charge in [0.2, 0.25) is 21.8 Å². The second-order valence-corrected chi connectivity index (χ2v) is 10.5. The van der Waals surface area contributed by atoms with Gasteiger partial charge in [0.1, 0.15) is 0 Å². The quantitative estimate of drug-likeness (QED) is 0.369. The van der Waals surface area contributed by atoms with Crippen LogP contribution in [0.15, 0.2) is 42.6 Å². The Bertz CT molecular complexity index is 1330. The summed E-state index contributed by atoms with van der Waals surface area (Å²) in [5, 5.41) is 15.6. The molecule has 0 aliphatic heterocycles. The molecule has 188 valence electrons. The number of carbonyl (C=O) groups is 1. The van der Waals surface area contributed by atoms with Gasteiger partial charge in [-0.1, -0.05) is 18.2 Å². The van der Waals surface area contributed by atoms with Crippen LogP contribution in [-0.4, -0.2) is 50.5 Å². The Morgan fingerprint density at radius 2 is 2.00 bits per heavy atom. The van der Waals surface area contributed by atoms with Gasteiger partial charge in [0, 0.05) is 24.0 Å². The summed E-state index contributed by atoms with van der Waals surface area (Å²) in [5.41, 5.74) is 1.36. The van der Waals surface area contributed by atoms with E-state index in [0.717, 1.165) is 30.0 Å². The van der Waals surface area contributed by atoms with Gasteiger partial charge < -0.3 is 24.5 Å². The van der Waals surface area contributed by atoms with Crippen LogP contribution in [0.3, 0.4) is 0 Å². The third-order valence-corrected chi connectivity index (χ3v) is 6.77. The number of aromatic nitrogens is 1. The van der Waals surface area contributed by atoms with E-state index >= 15 is 0 Å². The smallest absolute Gasteiger partial charge is 0.227 e. The van der Waals surface area contributed by atoms with Crippen molar-refractivity contribution in [2.75, 3.05) is 31.8 Å². The number of rotatable bonds is 11. The Hall–Kier alpha value is -3.24.